The van der Waals surface area contributed by atoms with E-state index in [-0.39, 0.29) is 0 Å². The molecule has 0 bridgehead atoms. The molecule has 0 aliphatic heterocycles. The highest BCUT2D eigenvalue weighted by Crippen LogP contribution is 2.33. The van der Waals surface area contributed by atoms with E-state index in [1.807, 2.05) is 12.1 Å². The molecule has 3 heteroatoms. The zero-order chi connectivity index (χ0) is 12.1. The van der Waals surface area contributed by atoms with Gasteiger partial charge in [0.1, 0.15) is 0 Å². The van der Waals surface area contributed by atoms with Crippen molar-refractivity contribution in [3.8, 4) is 0 Å². The molecule has 2 unspecified atom stereocenters. The Kier molecular flexibility index (Phi) is 5.00. The van der Waals surface area contributed by atoms with Crippen molar-refractivity contribution in [3.05, 3.63) is 35.4 Å². The number of alkyl halides is 1. The number of hydrogen-bond donors (Lipinski definition) is 1. The molecule has 1 N–H and O–H groups in total. The summed E-state index contributed by atoms with van der Waals surface area (Å²) in [4.78, 5) is 11.0. The monoisotopic (exact) mass is 284 g/mol. The molecule has 0 heterocycles. The second-order valence-corrected chi connectivity index (χ2v) is 5.08. The minimum absolute atomic E-state index is 0.301. The van der Waals surface area contributed by atoms with Gasteiger partial charge in [0, 0.05) is 4.83 Å². The highest BCUT2D eigenvalue weighted by atomic mass is 79.9. The van der Waals surface area contributed by atoms with Crippen molar-refractivity contribution in [2.45, 2.75) is 31.5 Å². The molecule has 0 radical (unpaired) electrons. The van der Waals surface area contributed by atoms with Gasteiger partial charge in [-0.3, -0.25) is 0 Å². The third-order valence-corrected chi connectivity index (χ3v) is 4.15. The Morgan fingerprint density at radius 2 is 1.94 bits per heavy atom. The highest BCUT2D eigenvalue weighted by molar-refractivity contribution is 9.09. The molecule has 2 atom stereocenters. The van der Waals surface area contributed by atoms with Gasteiger partial charge >= 0.3 is 5.97 Å². The Hall–Kier alpha value is -0.830. The van der Waals surface area contributed by atoms with Crippen molar-refractivity contribution in [3.63, 3.8) is 0 Å². The largest absolute Gasteiger partial charge is 0.478 e. The number of carboxylic acids is 1. The Balaban J connectivity index is 2.77. The summed E-state index contributed by atoms with van der Waals surface area (Å²) in [7, 11) is 0. The van der Waals surface area contributed by atoms with Gasteiger partial charge in [0.2, 0.25) is 0 Å². The van der Waals surface area contributed by atoms with Crippen molar-refractivity contribution in [2.24, 2.45) is 5.92 Å². The fourth-order valence-electron chi connectivity index (χ4n) is 1.74. The highest BCUT2D eigenvalue weighted by Gasteiger charge is 2.15. The van der Waals surface area contributed by atoms with E-state index in [0.717, 1.165) is 18.4 Å². The molecule has 88 valence electrons. The van der Waals surface area contributed by atoms with Gasteiger partial charge in [-0.05, 0) is 30.0 Å². The van der Waals surface area contributed by atoms with Crippen LogP contribution in [0.4, 0.5) is 0 Å². The molecule has 1 aromatic carbocycles. The van der Waals surface area contributed by atoms with E-state index >= 15 is 0 Å². The van der Waals surface area contributed by atoms with E-state index in [1.165, 1.54) is 0 Å². The van der Waals surface area contributed by atoms with Crippen molar-refractivity contribution in [2.75, 3.05) is 0 Å². The molecule has 0 saturated carbocycles. The Morgan fingerprint density at radius 3 is 2.38 bits per heavy atom. The number of aromatic carboxylic acids is 1. The lowest BCUT2D eigenvalue weighted by atomic mass is 9.96. The van der Waals surface area contributed by atoms with Crippen LogP contribution in [0.3, 0.4) is 0 Å². The SMILES string of the molecule is CCCC(C)C(Br)c1ccc(C(=O)O)cc1. The number of benzene rings is 1. The van der Waals surface area contributed by atoms with Gasteiger partial charge in [0.05, 0.1) is 5.56 Å². The van der Waals surface area contributed by atoms with Crippen LogP contribution in [0.5, 0.6) is 0 Å². The average molecular weight is 285 g/mol. The molecule has 2 nitrogen and oxygen atoms in total. The fourth-order valence-corrected chi connectivity index (χ4v) is 2.31. The van der Waals surface area contributed by atoms with Crippen molar-refractivity contribution in [1.29, 1.82) is 0 Å². The number of rotatable bonds is 5. The lowest BCUT2D eigenvalue weighted by molar-refractivity contribution is 0.0697. The van der Waals surface area contributed by atoms with E-state index in [1.54, 1.807) is 12.1 Å². The van der Waals surface area contributed by atoms with Gasteiger partial charge in [-0.1, -0.05) is 48.3 Å². The first-order valence-corrected chi connectivity index (χ1v) is 6.45. The topological polar surface area (TPSA) is 37.3 Å². The van der Waals surface area contributed by atoms with Crippen LogP contribution in [0, 0.1) is 5.92 Å². The van der Waals surface area contributed by atoms with E-state index in [0.29, 0.717) is 16.3 Å². The molecule has 0 aromatic heterocycles. The quantitative estimate of drug-likeness (QED) is 0.821. The summed E-state index contributed by atoms with van der Waals surface area (Å²) in [6.07, 6.45) is 2.33. The smallest absolute Gasteiger partial charge is 0.335 e. The Labute approximate surface area is 105 Å². The maximum atomic E-state index is 10.7. The lowest BCUT2D eigenvalue weighted by Crippen LogP contribution is -2.04. The molecule has 1 rings (SSSR count). The predicted molar refractivity (Wildman–Crippen MR) is 69.1 cm³/mol. The zero-order valence-corrected chi connectivity index (χ0v) is 11.2. The Bertz CT molecular complexity index is 345. The normalized spacial score (nSPS) is 14.4. The summed E-state index contributed by atoms with van der Waals surface area (Å²) in [5.74, 6) is -0.319. The maximum absolute atomic E-state index is 10.7. The molecule has 0 spiro atoms. The van der Waals surface area contributed by atoms with Crippen LogP contribution in [0.1, 0.15) is 47.4 Å². The number of carbonyl (C=O) groups is 1. The minimum Gasteiger partial charge on any atom is -0.478 e. The summed E-state index contributed by atoms with van der Waals surface area (Å²) in [5.41, 5.74) is 1.48. The first-order chi connectivity index (χ1) is 7.56. The minimum atomic E-state index is -0.876. The first-order valence-electron chi connectivity index (χ1n) is 5.53. The van der Waals surface area contributed by atoms with Gasteiger partial charge in [-0.2, -0.15) is 0 Å². The number of hydrogen-bond acceptors (Lipinski definition) is 1. The maximum Gasteiger partial charge on any atom is 0.335 e. The van der Waals surface area contributed by atoms with Gasteiger partial charge < -0.3 is 5.11 Å². The molecule has 0 aliphatic rings. The third-order valence-electron chi connectivity index (χ3n) is 2.72. The van der Waals surface area contributed by atoms with Crippen LogP contribution >= 0.6 is 15.9 Å². The van der Waals surface area contributed by atoms with E-state index in [2.05, 4.69) is 29.8 Å². The van der Waals surface area contributed by atoms with Gasteiger partial charge in [0.25, 0.3) is 0 Å². The van der Waals surface area contributed by atoms with Crippen LogP contribution in [-0.4, -0.2) is 11.1 Å². The first kappa shape index (κ1) is 13.2. The second kappa shape index (κ2) is 6.04. The summed E-state index contributed by atoms with van der Waals surface area (Å²) >= 11 is 3.67. The molecule has 0 amide bonds. The van der Waals surface area contributed by atoms with Crippen LogP contribution < -0.4 is 0 Å². The lowest BCUT2D eigenvalue weighted by Gasteiger charge is -2.18. The number of carboxylic acid groups (broad SMARTS) is 1. The predicted octanol–water partition coefficient (Wildman–Crippen LogP) is 4.26. The van der Waals surface area contributed by atoms with Crippen molar-refractivity contribution >= 4 is 21.9 Å². The molecule has 0 fully saturated rings. The van der Waals surface area contributed by atoms with E-state index in [4.69, 9.17) is 5.11 Å². The summed E-state index contributed by atoms with van der Waals surface area (Å²) in [5, 5.41) is 8.80. The molecule has 0 saturated heterocycles. The Morgan fingerprint density at radius 1 is 1.38 bits per heavy atom. The molecular weight excluding hydrogens is 268 g/mol. The average Bonchev–Trinajstić information content (AvgIpc) is 2.28. The fraction of sp³-hybridized carbons (Fsp3) is 0.462. The summed E-state index contributed by atoms with van der Waals surface area (Å²) in [6, 6.07) is 7.08. The van der Waals surface area contributed by atoms with Gasteiger partial charge in [-0.25, -0.2) is 4.79 Å². The second-order valence-electron chi connectivity index (χ2n) is 4.09. The van der Waals surface area contributed by atoms with Gasteiger partial charge in [0.15, 0.2) is 0 Å². The van der Waals surface area contributed by atoms with Crippen molar-refractivity contribution < 1.29 is 9.90 Å². The molecule has 1 aromatic rings. The molecule has 16 heavy (non-hydrogen) atoms. The summed E-state index contributed by atoms with van der Waals surface area (Å²) < 4.78 is 0. The summed E-state index contributed by atoms with van der Waals surface area (Å²) in [6.45, 7) is 4.37. The van der Waals surface area contributed by atoms with Crippen LogP contribution in [0.2, 0.25) is 0 Å². The van der Waals surface area contributed by atoms with E-state index in [9.17, 15) is 4.79 Å². The number of halogens is 1. The molecule has 0 aliphatic carbocycles. The van der Waals surface area contributed by atoms with Crippen LogP contribution in [0.25, 0.3) is 0 Å². The van der Waals surface area contributed by atoms with Crippen molar-refractivity contribution in [1.82, 2.24) is 0 Å². The standard InChI is InChI=1S/C13H17BrO2/c1-3-4-9(2)12(14)10-5-7-11(8-6-10)13(15)16/h5-9,12H,3-4H2,1-2H3,(H,15,16). The zero-order valence-electron chi connectivity index (χ0n) is 9.61. The van der Waals surface area contributed by atoms with Crippen LogP contribution in [0.15, 0.2) is 24.3 Å². The molecular formula is C13H17BrO2. The third kappa shape index (κ3) is 3.34. The van der Waals surface area contributed by atoms with Gasteiger partial charge in [-0.15, -0.1) is 0 Å². The van der Waals surface area contributed by atoms with E-state index < -0.39 is 5.97 Å². The van der Waals surface area contributed by atoms with Crippen LogP contribution in [-0.2, 0) is 0 Å².